The number of benzene rings is 1. The van der Waals surface area contributed by atoms with E-state index in [1.54, 1.807) is 12.1 Å². The Kier molecular flexibility index (Phi) is 5.41. The van der Waals surface area contributed by atoms with Crippen molar-refractivity contribution in [3.05, 3.63) is 36.0 Å². The van der Waals surface area contributed by atoms with Crippen molar-refractivity contribution < 1.29 is 19.5 Å². The number of rotatable bonds is 7. The topological polar surface area (TPSA) is 126 Å². The summed E-state index contributed by atoms with van der Waals surface area (Å²) in [6, 6.07) is 5.39. The predicted octanol–water partition coefficient (Wildman–Crippen LogP) is 0.810. The lowest BCUT2D eigenvalue weighted by molar-refractivity contribution is -0.139. The zero-order valence-corrected chi connectivity index (χ0v) is 13.3. The molecule has 3 amide bonds. The monoisotopic (exact) mass is 332 g/mol. The number of carbonyl (C=O) groups is 3. The van der Waals surface area contributed by atoms with E-state index in [2.05, 4.69) is 10.6 Å². The van der Waals surface area contributed by atoms with Crippen LogP contribution in [0.5, 0.6) is 0 Å². The molecular weight excluding hydrogens is 312 g/mol. The van der Waals surface area contributed by atoms with E-state index in [1.807, 2.05) is 29.9 Å². The Morgan fingerprint density at radius 1 is 1.29 bits per heavy atom. The summed E-state index contributed by atoms with van der Waals surface area (Å²) in [5.41, 5.74) is 6.32. The Labute approximate surface area is 138 Å². The number of amides is 3. The fourth-order valence-corrected chi connectivity index (χ4v) is 2.44. The van der Waals surface area contributed by atoms with E-state index >= 15 is 0 Å². The van der Waals surface area contributed by atoms with Crippen molar-refractivity contribution in [2.24, 2.45) is 12.8 Å². The maximum absolute atomic E-state index is 12.3. The van der Waals surface area contributed by atoms with E-state index < -0.39 is 23.9 Å². The van der Waals surface area contributed by atoms with Crippen LogP contribution in [0.25, 0.3) is 10.9 Å². The van der Waals surface area contributed by atoms with Crippen LogP contribution in [0.2, 0.25) is 0 Å². The molecule has 5 N–H and O–H groups in total. The molecule has 0 aliphatic rings. The summed E-state index contributed by atoms with van der Waals surface area (Å²) in [5.74, 6) is -1.57. The molecule has 0 bridgehead atoms. The second-order valence-electron chi connectivity index (χ2n) is 5.50. The van der Waals surface area contributed by atoms with E-state index in [-0.39, 0.29) is 13.0 Å². The largest absolute Gasteiger partial charge is 0.480 e. The van der Waals surface area contributed by atoms with Crippen LogP contribution in [0.4, 0.5) is 4.79 Å². The first-order valence-electron chi connectivity index (χ1n) is 7.50. The molecule has 1 aromatic carbocycles. The van der Waals surface area contributed by atoms with Crippen LogP contribution in [0.1, 0.15) is 23.2 Å². The lowest BCUT2D eigenvalue weighted by atomic mass is 10.1. The van der Waals surface area contributed by atoms with Crippen LogP contribution in [-0.4, -0.2) is 40.2 Å². The highest BCUT2D eigenvalue weighted by Crippen LogP contribution is 2.16. The third-order valence-corrected chi connectivity index (χ3v) is 3.72. The number of aryl methyl sites for hydroxylation is 1. The van der Waals surface area contributed by atoms with Crippen molar-refractivity contribution in [1.82, 2.24) is 15.2 Å². The number of hydrogen-bond acceptors (Lipinski definition) is 3. The summed E-state index contributed by atoms with van der Waals surface area (Å²) in [6.45, 7) is 0.255. The molecular formula is C16H20N4O4. The summed E-state index contributed by atoms with van der Waals surface area (Å²) >= 11 is 0. The number of nitrogens with two attached hydrogens (primary N) is 1. The van der Waals surface area contributed by atoms with Gasteiger partial charge >= 0.3 is 12.0 Å². The standard InChI is InChI=1S/C16H20N4O4/c1-20-8-6-10-9-11(4-5-13(10)20)14(21)19-12(15(22)23)3-2-7-18-16(17)24/h4-6,8-9,12H,2-3,7H2,1H3,(H,19,21)(H,22,23)(H3,17,18,24). The molecule has 1 aromatic heterocycles. The molecule has 1 unspecified atom stereocenters. The van der Waals surface area contributed by atoms with Gasteiger partial charge in [0.15, 0.2) is 0 Å². The third-order valence-electron chi connectivity index (χ3n) is 3.72. The predicted molar refractivity (Wildman–Crippen MR) is 88.6 cm³/mol. The number of fused-ring (bicyclic) bond motifs is 1. The number of nitrogens with one attached hydrogen (secondary N) is 2. The molecule has 0 fully saturated rings. The maximum atomic E-state index is 12.3. The molecule has 24 heavy (non-hydrogen) atoms. The zero-order chi connectivity index (χ0) is 17.7. The minimum absolute atomic E-state index is 0.189. The highest BCUT2D eigenvalue weighted by molar-refractivity contribution is 5.99. The van der Waals surface area contributed by atoms with E-state index in [9.17, 15) is 19.5 Å². The summed E-state index contributed by atoms with van der Waals surface area (Å²) in [4.78, 5) is 34.1. The minimum Gasteiger partial charge on any atom is -0.480 e. The second kappa shape index (κ2) is 7.49. The summed E-state index contributed by atoms with van der Waals surface area (Å²) in [6.07, 6.45) is 2.46. The first-order valence-corrected chi connectivity index (χ1v) is 7.50. The SMILES string of the molecule is Cn1ccc2cc(C(=O)NC(CCCNC(N)=O)C(=O)O)ccc21. The normalized spacial score (nSPS) is 11.9. The van der Waals surface area contributed by atoms with Gasteiger partial charge in [0.2, 0.25) is 0 Å². The molecule has 128 valence electrons. The number of aliphatic carboxylic acids is 1. The van der Waals surface area contributed by atoms with Crippen molar-refractivity contribution >= 4 is 28.8 Å². The summed E-state index contributed by atoms with van der Waals surface area (Å²) in [5, 5.41) is 15.0. The fourth-order valence-electron chi connectivity index (χ4n) is 2.44. The molecule has 2 aromatic rings. The van der Waals surface area contributed by atoms with Crippen molar-refractivity contribution in [2.75, 3.05) is 6.54 Å². The van der Waals surface area contributed by atoms with Gasteiger partial charge in [0.1, 0.15) is 6.04 Å². The van der Waals surface area contributed by atoms with Gasteiger partial charge in [-0.3, -0.25) is 4.79 Å². The zero-order valence-electron chi connectivity index (χ0n) is 13.3. The van der Waals surface area contributed by atoms with Crippen LogP contribution < -0.4 is 16.4 Å². The molecule has 1 atom stereocenters. The molecule has 0 aliphatic carbocycles. The van der Waals surface area contributed by atoms with E-state index in [1.165, 1.54) is 0 Å². The average Bonchev–Trinajstić information content (AvgIpc) is 2.90. The van der Waals surface area contributed by atoms with Gasteiger partial charge in [-0.15, -0.1) is 0 Å². The number of hydrogen-bond donors (Lipinski definition) is 4. The van der Waals surface area contributed by atoms with Crippen molar-refractivity contribution in [1.29, 1.82) is 0 Å². The van der Waals surface area contributed by atoms with E-state index in [0.29, 0.717) is 12.0 Å². The average molecular weight is 332 g/mol. The number of urea groups is 1. The Morgan fingerprint density at radius 2 is 2.04 bits per heavy atom. The molecule has 1 heterocycles. The van der Waals surface area contributed by atoms with Gasteiger partial charge in [-0.1, -0.05) is 0 Å². The van der Waals surface area contributed by atoms with Crippen LogP contribution >= 0.6 is 0 Å². The van der Waals surface area contributed by atoms with Gasteiger partial charge in [-0.2, -0.15) is 0 Å². The third kappa shape index (κ3) is 4.25. The Bertz CT molecular complexity index is 769. The van der Waals surface area contributed by atoms with Gasteiger partial charge in [0, 0.05) is 36.3 Å². The van der Waals surface area contributed by atoms with Crippen LogP contribution in [-0.2, 0) is 11.8 Å². The van der Waals surface area contributed by atoms with E-state index in [0.717, 1.165) is 10.9 Å². The molecule has 2 rings (SSSR count). The van der Waals surface area contributed by atoms with Crippen molar-refractivity contribution in [3.63, 3.8) is 0 Å². The number of aromatic nitrogens is 1. The molecule has 0 saturated carbocycles. The van der Waals surface area contributed by atoms with Crippen LogP contribution in [0.15, 0.2) is 30.5 Å². The van der Waals surface area contributed by atoms with Crippen LogP contribution in [0, 0.1) is 0 Å². The number of carbonyl (C=O) groups excluding carboxylic acids is 2. The molecule has 8 heteroatoms. The first-order chi connectivity index (χ1) is 11.4. The fraction of sp³-hybridized carbons (Fsp3) is 0.312. The van der Waals surface area contributed by atoms with Crippen molar-refractivity contribution in [3.8, 4) is 0 Å². The second-order valence-corrected chi connectivity index (χ2v) is 5.50. The minimum atomic E-state index is -1.12. The Morgan fingerprint density at radius 3 is 2.71 bits per heavy atom. The lowest BCUT2D eigenvalue weighted by Crippen LogP contribution is -2.41. The Balaban J connectivity index is 2.00. The number of primary amides is 1. The van der Waals surface area contributed by atoms with Gasteiger partial charge in [-0.05, 0) is 37.1 Å². The number of carboxylic acid groups (broad SMARTS) is 1. The quantitative estimate of drug-likeness (QED) is 0.560. The van der Waals surface area contributed by atoms with Crippen LogP contribution in [0.3, 0.4) is 0 Å². The molecule has 0 spiro atoms. The number of nitrogens with zero attached hydrogens (tertiary/aromatic N) is 1. The van der Waals surface area contributed by atoms with Gasteiger partial charge < -0.3 is 26.0 Å². The smallest absolute Gasteiger partial charge is 0.326 e. The first kappa shape index (κ1) is 17.3. The van der Waals surface area contributed by atoms with Crippen molar-refractivity contribution in [2.45, 2.75) is 18.9 Å². The summed E-state index contributed by atoms with van der Waals surface area (Å²) in [7, 11) is 1.91. The molecule has 0 radical (unpaired) electrons. The van der Waals surface area contributed by atoms with E-state index in [4.69, 9.17) is 5.73 Å². The van der Waals surface area contributed by atoms with Gasteiger partial charge in [-0.25, -0.2) is 9.59 Å². The molecule has 0 saturated heterocycles. The lowest BCUT2D eigenvalue weighted by Gasteiger charge is -2.14. The molecule has 8 nitrogen and oxygen atoms in total. The van der Waals surface area contributed by atoms with Gasteiger partial charge in [0.05, 0.1) is 0 Å². The summed E-state index contributed by atoms with van der Waals surface area (Å²) < 4.78 is 1.93. The molecule has 0 aliphatic heterocycles. The van der Waals surface area contributed by atoms with Gasteiger partial charge in [0.25, 0.3) is 5.91 Å². The Hall–Kier alpha value is -3.03. The number of carboxylic acids is 1. The maximum Gasteiger partial charge on any atom is 0.326 e. The highest BCUT2D eigenvalue weighted by atomic mass is 16.4. The highest BCUT2D eigenvalue weighted by Gasteiger charge is 2.20.